The number of fused-ring (bicyclic) bond motifs is 2. The van der Waals surface area contributed by atoms with E-state index in [0.717, 1.165) is 11.3 Å². The predicted octanol–water partition coefficient (Wildman–Crippen LogP) is 2.00. The summed E-state index contributed by atoms with van der Waals surface area (Å²) in [6.45, 7) is 0.342. The lowest BCUT2D eigenvalue weighted by Gasteiger charge is -2.34. The largest absolute Gasteiger partial charge is 0.488 e. The Morgan fingerprint density at radius 1 is 1.08 bits per heavy atom. The normalized spacial score (nSPS) is 17.8. The average molecular weight is 350 g/mol. The first-order chi connectivity index (χ1) is 12.7. The van der Waals surface area contributed by atoms with Crippen LogP contribution < -0.4 is 19.7 Å². The number of nitrogens with one attached hydrogen (secondary N) is 1. The van der Waals surface area contributed by atoms with Gasteiger partial charge in [0.2, 0.25) is 0 Å². The molecule has 1 N–H and O–H groups in total. The van der Waals surface area contributed by atoms with Crippen molar-refractivity contribution in [3.05, 3.63) is 59.7 Å². The molecule has 0 radical (unpaired) electrons. The lowest BCUT2D eigenvalue weighted by atomic mass is 10.1. The zero-order chi connectivity index (χ0) is 18.1. The lowest BCUT2D eigenvalue weighted by Crippen LogP contribution is -2.50. The molecule has 0 bridgehead atoms. The van der Waals surface area contributed by atoms with E-state index in [1.807, 2.05) is 48.5 Å². The fourth-order valence-electron chi connectivity index (χ4n) is 3.14. The minimum Gasteiger partial charge on any atom is -0.488 e. The average Bonchev–Trinajstić information content (AvgIpc) is 2.71. The lowest BCUT2D eigenvalue weighted by molar-refractivity contribution is -0.127. The van der Waals surface area contributed by atoms with Crippen LogP contribution in [0.1, 0.15) is 5.56 Å². The van der Waals surface area contributed by atoms with Crippen molar-refractivity contribution >= 4 is 23.6 Å². The number of benzene rings is 2. The van der Waals surface area contributed by atoms with Crippen LogP contribution in [0, 0.1) is 0 Å². The van der Waals surface area contributed by atoms with Crippen molar-refractivity contribution in [1.29, 1.82) is 0 Å². The SMILES string of the molecule is CNC(=O)[C@@H]1CN(C(=O)C2=Cc3ccccc3OC2)c2ccccc2O1. The Morgan fingerprint density at radius 2 is 1.81 bits per heavy atom. The predicted molar refractivity (Wildman–Crippen MR) is 97.2 cm³/mol. The summed E-state index contributed by atoms with van der Waals surface area (Å²) >= 11 is 0. The maximum Gasteiger partial charge on any atom is 0.262 e. The summed E-state index contributed by atoms with van der Waals surface area (Å²) in [5.74, 6) is 0.814. The second kappa shape index (κ2) is 6.55. The third-order valence-corrected chi connectivity index (χ3v) is 4.46. The molecule has 0 saturated heterocycles. The van der Waals surface area contributed by atoms with Crippen molar-refractivity contribution in [1.82, 2.24) is 5.32 Å². The molecule has 6 nitrogen and oxygen atoms in total. The van der Waals surface area contributed by atoms with E-state index in [9.17, 15) is 9.59 Å². The van der Waals surface area contributed by atoms with E-state index in [1.165, 1.54) is 0 Å². The first-order valence-corrected chi connectivity index (χ1v) is 8.39. The van der Waals surface area contributed by atoms with Crippen molar-refractivity contribution in [2.75, 3.05) is 25.1 Å². The van der Waals surface area contributed by atoms with Crippen LogP contribution in [0.25, 0.3) is 6.08 Å². The van der Waals surface area contributed by atoms with Crippen molar-refractivity contribution < 1.29 is 19.1 Å². The van der Waals surface area contributed by atoms with Gasteiger partial charge in [0.25, 0.3) is 11.8 Å². The van der Waals surface area contributed by atoms with Crippen molar-refractivity contribution in [3.63, 3.8) is 0 Å². The number of rotatable bonds is 2. The first-order valence-electron chi connectivity index (χ1n) is 8.39. The quantitative estimate of drug-likeness (QED) is 0.900. The van der Waals surface area contributed by atoms with E-state index in [4.69, 9.17) is 9.47 Å². The molecule has 0 saturated carbocycles. The summed E-state index contributed by atoms with van der Waals surface area (Å²) in [6.07, 6.45) is 1.09. The van der Waals surface area contributed by atoms with E-state index >= 15 is 0 Å². The van der Waals surface area contributed by atoms with Crippen LogP contribution in [-0.2, 0) is 9.59 Å². The maximum atomic E-state index is 13.2. The standard InChI is InChI=1S/C20H18N2O4/c1-21-19(23)18-11-22(15-7-3-5-9-17(15)26-18)20(24)14-10-13-6-2-4-8-16(13)25-12-14/h2-10,18H,11-12H2,1H3,(H,21,23)/t18-/m0/s1. The van der Waals surface area contributed by atoms with Gasteiger partial charge in [-0.3, -0.25) is 9.59 Å². The van der Waals surface area contributed by atoms with Gasteiger partial charge in [-0.25, -0.2) is 0 Å². The molecule has 0 unspecified atom stereocenters. The zero-order valence-corrected chi connectivity index (χ0v) is 14.3. The summed E-state index contributed by atoms with van der Waals surface area (Å²) in [5, 5.41) is 2.58. The van der Waals surface area contributed by atoms with Gasteiger partial charge in [-0.15, -0.1) is 0 Å². The van der Waals surface area contributed by atoms with Crippen LogP contribution in [0.15, 0.2) is 54.1 Å². The summed E-state index contributed by atoms with van der Waals surface area (Å²) < 4.78 is 11.5. The van der Waals surface area contributed by atoms with Crippen molar-refractivity contribution in [3.8, 4) is 11.5 Å². The van der Waals surface area contributed by atoms with Gasteiger partial charge in [0.15, 0.2) is 6.10 Å². The van der Waals surface area contributed by atoms with E-state index in [-0.39, 0.29) is 25.0 Å². The number of amides is 2. The highest BCUT2D eigenvalue weighted by molar-refractivity contribution is 6.10. The molecule has 6 heteroatoms. The molecule has 2 aromatic carbocycles. The van der Waals surface area contributed by atoms with Gasteiger partial charge in [-0.2, -0.15) is 0 Å². The zero-order valence-electron chi connectivity index (χ0n) is 14.3. The number of carbonyl (C=O) groups is 2. The van der Waals surface area contributed by atoms with Crippen molar-refractivity contribution in [2.24, 2.45) is 0 Å². The Hall–Kier alpha value is -3.28. The van der Waals surface area contributed by atoms with Gasteiger partial charge in [-0.05, 0) is 24.3 Å². The molecule has 4 rings (SSSR count). The second-order valence-corrected chi connectivity index (χ2v) is 6.10. The van der Waals surface area contributed by atoms with E-state index < -0.39 is 6.10 Å². The van der Waals surface area contributed by atoms with E-state index in [1.54, 1.807) is 18.0 Å². The number of carbonyl (C=O) groups excluding carboxylic acids is 2. The number of hydrogen-bond donors (Lipinski definition) is 1. The second-order valence-electron chi connectivity index (χ2n) is 6.10. The molecule has 2 aliphatic rings. The summed E-state index contributed by atoms with van der Waals surface area (Å²) in [7, 11) is 1.55. The highest BCUT2D eigenvalue weighted by Gasteiger charge is 2.35. The molecular formula is C20H18N2O4. The van der Waals surface area contributed by atoms with Crippen LogP contribution in [0.4, 0.5) is 5.69 Å². The fraction of sp³-hybridized carbons (Fsp3) is 0.200. The molecule has 26 heavy (non-hydrogen) atoms. The van der Waals surface area contributed by atoms with Crippen LogP contribution in [0.3, 0.4) is 0 Å². The number of anilines is 1. The number of ether oxygens (including phenoxy) is 2. The highest BCUT2D eigenvalue weighted by Crippen LogP contribution is 2.35. The molecule has 2 heterocycles. The van der Waals surface area contributed by atoms with Crippen LogP contribution in [-0.4, -0.2) is 38.1 Å². The molecule has 0 fully saturated rings. The molecule has 2 aromatic rings. The number of likely N-dealkylation sites (N-methyl/N-ethyl adjacent to an activating group) is 1. The number of nitrogens with zero attached hydrogens (tertiary/aromatic N) is 1. The molecule has 132 valence electrons. The fourth-order valence-corrected chi connectivity index (χ4v) is 3.14. The van der Waals surface area contributed by atoms with Crippen LogP contribution in [0.2, 0.25) is 0 Å². The molecule has 2 aliphatic heterocycles. The van der Waals surface area contributed by atoms with Gasteiger partial charge >= 0.3 is 0 Å². The molecule has 1 atom stereocenters. The van der Waals surface area contributed by atoms with Gasteiger partial charge in [-0.1, -0.05) is 30.3 Å². The minimum absolute atomic E-state index is 0.147. The van der Waals surface area contributed by atoms with Crippen LogP contribution in [0.5, 0.6) is 11.5 Å². The summed E-state index contributed by atoms with van der Waals surface area (Å²) in [6, 6.07) is 14.8. The molecule has 0 spiro atoms. The van der Waals surface area contributed by atoms with Crippen molar-refractivity contribution in [2.45, 2.75) is 6.10 Å². The maximum absolute atomic E-state index is 13.2. The Bertz CT molecular complexity index is 906. The van der Waals surface area contributed by atoms with E-state index in [2.05, 4.69) is 5.32 Å². The third kappa shape index (κ3) is 2.79. The Balaban J connectivity index is 1.69. The van der Waals surface area contributed by atoms with Gasteiger partial charge < -0.3 is 19.7 Å². The molecular weight excluding hydrogens is 332 g/mol. The highest BCUT2D eigenvalue weighted by atomic mass is 16.5. The monoisotopic (exact) mass is 350 g/mol. The molecule has 0 aliphatic carbocycles. The summed E-state index contributed by atoms with van der Waals surface area (Å²) in [4.78, 5) is 26.8. The van der Waals surface area contributed by atoms with E-state index in [0.29, 0.717) is 17.0 Å². The Kier molecular flexibility index (Phi) is 4.08. The topological polar surface area (TPSA) is 67.9 Å². The third-order valence-electron chi connectivity index (χ3n) is 4.46. The number of para-hydroxylation sites is 3. The Morgan fingerprint density at radius 3 is 2.62 bits per heavy atom. The molecule has 2 amide bonds. The van der Waals surface area contributed by atoms with Gasteiger partial charge in [0, 0.05) is 12.6 Å². The minimum atomic E-state index is -0.753. The van der Waals surface area contributed by atoms with Gasteiger partial charge in [0.1, 0.15) is 18.1 Å². The molecule has 0 aromatic heterocycles. The van der Waals surface area contributed by atoms with Crippen LogP contribution >= 0.6 is 0 Å². The first kappa shape index (κ1) is 16.2. The van der Waals surface area contributed by atoms with Gasteiger partial charge in [0.05, 0.1) is 17.8 Å². The Labute approximate surface area is 151 Å². The number of hydrogen-bond acceptors (Lipinski definition) is 4. The summed E-state index contributed by atoms with van der Waals surface area (Å²) in [5.41, 5.74) is 2.06. The smallest absolute Gasteiger partial charge is 0.262 e.